The molecule has 1 aliphatic rings. The van der Waals surface area contributed by atoms with Crippen molar-refractivity contribution in [3.8, 4) is 0 Å². The van der Waals surface area contributed by atoms with E-state index in [1.807, 2.05) is 4.90 Å². The van der Waals surface area contributed by atoms with Crippen LogP contribution in [0.15, 0.2) is 18.2 Å². The zero-order chi connectivity index (χ0) is 14.7. The van der Waals surface area contributed by atoms with Crippen molar-refractivity contribution >= 4 is 11.9 Å². The van der Waals surface area contributed by atoms with Crippen molar-refractivity contribution in [3.63, 3.8) is 0 Å². The van der Waals surface area contributed by atoms with Gasteiger partial charge < -0.3 is 10.0 Å². The second kappa shape index (κ2) is 6.07. The molecule has 0 spiro atoms. The van der Waals surface area contributed by atoms with Crippen LogP contribution in [0.2, 0.25) is 0 Å². The maximum absolute atomic E-state index is 12.5. The number of carboxylic acids is 1. The summed E-state index contributed by atoms with van der Waals surface area (Å²) in [6.07, 6.45) is 3.99. The smallest absolute Gasteiger partial charge is 0.336 e. The van der Waals surface area contributed by atoms with Gasteiger partial charge in [-0.05, 0) is 30.5 Å². The summed E-state index contributed by atoms with van der Waals surface area (Å²) in [4.78, 5) is 25.6. The predicted octanol–water partition coefficient (Wildman–Crippen LogP) is 3.31. The Hall–Kier alpha value is -1.84. The molecule has 1 amide bonds. The van der Waals surface area contributed by atoms with E-state index in [0.29, 0.717) is 17.7 Å². The molecule has 1 aliphatic heterocycles. The van der Waals surface area contributed by atoms with Crippen LogP contribution in [-0.2, 0) is 6.54 Å². The Labute approximate surface area is 119 Å². The molecular formula is C16H21NO3. The number of carbonyl (C=O) groups excluding carboxylic acids is 1. The number of aromatic carboxylic acids is 1. The van der Waals surface area contributed by atoms with Gasteiger partial charge in [0.1, 0.15) is 0 Å². The lowest BCUT2D eigenvalue weighted by Crippen LogP contribution is -2.35. The third kappa shape index (κ3) is 2.55. The summed E-state index contributed by atoms with van der Waals surface area (Å²) in [5.41, 5.74) is 1.48. The van der Waals surface area contributed by atoms with Gasteiger partial charge in [0.15, 0.2) is 0 Å². The summed E-state index contributed by atoms with van der Waals surface area (Å²) in [5, 5.41) is 9.24. The molecule has 1 aromatic rings. The molecule has 0 fully saturated rings. The molecule has 0 saturated carbocycles. The molecule has 0 bridgehead atoms. The molecule has 0 radical (unpaired) electrons. The number of hydrogen-bond donors (Lipinski definition) is 1. The first kappa shape index (κ1) is 14.6. The van der Waals surface area contributed by atoms with Gasteiger partial charge in [-0.2, -0.15) is 0 Å². The fourth-order valence-electron chi connectivity index (χ4n) is 2.97. The van der Waals surface area contributed by atoms with Crippen molar-refractivity contribution in [1.29, 1.82) is 0 Å². The van der Waals surface area contributed by atoms with Gasteiger partial charge >= 0.3 is 5.97 Å². The van der Waals surface area contributed by atoms with Crippen LogP contribution in [-0.4, -0.2) is 27.9 Å². The molecular weight excluding hydrogens is 254 g/mol. The van der Waals surface area contributed by atoms with Crippen LogP contribution >= 0.6 is 0 Å². The number of amides is 1. The van der Waals surface area contributed by atoms with Gasteiger partial charge in [0.25, 0.3) is 5.91 Å². The molecule has 0 aliphatic carbocycles. The first-order valence-corrected chi connectivity index (χ1v) is 7.26. The number of hydrogen-bond acceptors (Lipinski definition) is 2. The van der Waals surface area contributed by atoms with Gasteiger partial charge in [0.05, 0.1) is 5.56 Å². The van der Waals surface area contributed by atoms with Gasteiger partial charge in [0, 0.05) is 18.2 Å². The van der Waals surface area contributed by atoms with Crippen molar-refractivity contribution in [2.24, 2.45) is 0 Å². The van der Waals surface area contributed by atoms with Crippen molar-refractivity contribution in [1.82, 2.24) is 4.90 Å². The molecule has 0 unspecified atom stereocenters. The van der Waals surface area contributed by atoms with E-state index >= 15 is 0 Å². The summed E-state index contributed by atoms with van der Waals surface area (Å²) in [6, 6.07) is 5.18. The summed E-state index contributed by atoms with van der Waals surface area (Å²) in [7, 11) is 0. The quantitative estimate of drug-likeness (QED) is 0.866. The molecule has 0 atom stereocenters. The van der Waals surface area contributed by atoms with Gasteiger partial charge in [-0.15, -0.1) is 0 Å². The molecule has 4 heteroatoms. The molecule has 1 aromatic carbocycles. The number of benzene rings is 1. The minimum absolute atomic E-state index is 0.0185. The van der Waals surface area contributed by atoms with E-state index in [0.717, 1.165) is 25.7 Å². The molecule has 4 nitrogen and oxygen atoms in total. The standard InChI is InChI=1S/C16H21NO3/c1-3-6-11(7-4-2)17-10-14-12(15(17)18)8-5-9-13(14)16(19)20/h5,8-9,11H,3-4,6-7,10H2,1-2H3,(H,19,20). The van der Waals surface area contributed by atoms with E-state index in [9.17, 15) is 14.7 Å². The fraction of sp³-hybridized carbons (Fsp3) is 0.500. The van der Waals surface area contributed by atoms with Crippen molar-refractivity contribution in [2.75, 3.05) is 0 Å². The molecule has 1 heterocycles. The lowest BCUT2D eigenvalue weighted by molar-refractivity contribution is 0.0666. The largest absolute Gasteiger partial charge is 0.478 e. The third-order valence-corrected chi connectivity index (χ3v) is 3.91. The monoisotopic (exact) mass is 275 g/mol. The molecule has 20 heavy (non-hydrogen) atoms. The summed E-state index contributed by atoms with van der Waals surface area (Å²) in [6.45, 7) is 4.65. The van der Waals surface area contributed by atoms with Crippen molar-refractivity contribution < 1.29 is 14.7 Å². The fourth-order valence-corrected chi connectivity index (χ4v) is 2.97. The SMILES string of the molecule is CCCC(CCC)N1Cc2c(C(=O)O)cccc2C1=O. The highest BCUT2D eigenvalue weighted by molar-refractivity contribution is 6.02. The Morgan fingerprint density at radius 3 is 2.50 bits per heavy atom. The zero-order valence-corrected chi connectivity index (χ0v) is 12.1. The van der Waals surface area contributed by atoms with E-state index < -0.39 is 5.97 Å². The number of carbonyl (C=O) groups is 2. The topological polar surface area (TPSA) is 57.6 Å². The van der Waals surface area contributed by atoms with Crippen molar-refractivity contribution in [3.05, 3.63) is 34.9 Å². The molecule has 2 rings (SSSR count). The summed E-state index contributed by atoms with van der Waals surface area (Å²) >= 11 is 0. The number of fused-ring (bicyclic) bond motifs is 1. The van der Waals surface area contributed by atoms with Crippen LogP contribution in [0.1, 0.15) is 65.8 Å². The normalized spacial score (nSPS) is 13.9. The maximum Gasteiger partial charge on any atom is 0.336 e. The van der Waals surface area contributed by atoms with Crippen LogP contribution in [0.5, 0.6) is 0 Å². The second-order valence-electron chi connectivity index (χ2n) is 5.30. The Morgan fingerprint density at radius 2 is 1.95 bits per heavy atom. The molecule has 1 N–H and O–H groups in total. The summed E-state index contributed by atoms with van der Waals surface area (Å²) in [5.74, 6) is -0.978. The van der Waals surface area contributed by atoms with Crippen LogP contribution in [0.3, 0.4) is 0 Å². The van der Waals surface area contributed by atoms with Crippen molar-refractivity contribution in [2.45, 2.75) is 52.1 Å². The Morgan fingerprint density at radius 1 is 1.30 bits per heavy atom. The van der Waals surface area contributed by atoms with E-state index in [4.69, 9.17) is 0 Å². The van der Waals surface area contributed by atoms with Gasteiger partial charge in [-0.1, -0.05) is 32.8 Å². The lowest BCUT2D eigenvalue weighted by atomic mass is 10.0. The number of nitrogens with zero attached hydrogens (tertiary/aromatic N) is 1. The lowest BCUT2D eigenvalue weighted by Gasteiger charge is -2.27. The van der Waals surface area contributed by atoms with Crippen LogP contribution < -0.4 is 0 Å². The zero-order valence-electron chi connectivity index (χ0n) is 12.1. The highest BCUT2D eigenvalue weighted by atomic mass is 16.4. The van der Waals surface area contributed by atoms with E-state index in [-0.39, 0.29) is 17.5 Å². The molecule has 108 valence electrons. The molecule has 0 aromatic heterocycles. The second-order valence-corrected chi connectivity index (χ2v) is 5.30. The van der Waals surface area contributed by atoms with Crippen LogP contribution in [0, 0.1) is 0 Å². The predicted molar refractivity (Wildman–Crippen MR) is 76.9 cm³/mol. The van der Waals surface area contributed by atoms with E-state index in [2.05, 4.69) is 13.8 Å². The summed E-state index contributed by atoms with van der Waals surface area (Å²) < 4.78 is 0. The first-order valence-electron chi connectivity index (χ1n) is 7.26. The van der Waals surface area contributed by atoms with E-state index in [1.54, 1.807) is 18.2 Å². The third-order valence-electron chi connectivity index (χ3n) is 3.91. The Balaban J connectivity index is 2.32. The first-order chi connectivity index (χ1) is 9.60. The Kier molecular flexibility index (Phi) is 4.42. The van der Waals surface area contributed by atoms with Crippen LogP contribution in [0.4, 0.5) is 0 Å². The highest BCUT2D eigenvalue weighted by Crippen LogP contribution is 2.30. The molecule has 0 saturated heterocycles. The minimum Gasteiger partial charge on any atom is -0.478 e. The highest BCUT2D eigenvalue weighted by Gasteiger charge is 2.34. The van der Waals surface area contributed by atoms with Crippen LogP contribution in [0.25, 0.3) is 0 Å². The minimum atomic E-state index is -0.959. The van der Waals surface area contributed by atoms with Gasteiger partial charge in [-0.3, -0.25) is 4.79 Å². The van der Waals surface area contributed by atoms with Gasteiger partial charge in [-0.25, -0.2) is 4.79 Å². The maximum atomic E-state index is 12.5. The Bertz CT molecular complexity index is 518. The van der Waals surface area contributed by atoms with Gasteiger partial charge in [0.2, 0.25) is 0 Å². The average molecular weight is 275 g/mol. The number of carboxylic acid groups (broad SMARTS) is 1. The number of rotatable bonds is 6. The van der Waals surface area contributed by atoms with E-state index in [1.165, 1.54) is 0 Å². The average Bonchev–Trinajstić information content (AvgIpc) is 2.76.